The minimum Gasteiger partial charge on any atom is -0.354 e. The summed E-state index contributed by atoms with van der Waals surface area (Å²) in [5.74, 6) is -0.863. The van der Waals surface area contributed by atoms with Gasteiger partial charge in [-0.25, -0.2) is 8.42 Å². The standard InChI is InChI=1S/C29H33Cl2N3O4S/c1-4-5-14-32-29(36)22(3)33(19-23-11-9-10-21(2)15-23)28(35)20-34(26-17-24(30)16-25(31)18-26)39(37,38)27-12-7-6-8-13-27/h6-13,15-18,22H,4-5,14,19-20H2,1-3H3,(H,32,36)/t22-/m0/s1. The molecule has 0 saturated heterocycles. The average molecular weight is 591 g/mol. The van der Waals surface area contributed by atoms with Gasteiger partial charge in [-0.15, -0.1) is 0 Å². The molecule has 3 aromatic rings. The molecule has 3 aromatic carbocycles. The van der Waals surface area contributed by atoms with Crippen molar-refractivity contribution in [3.8, 4) is 0 Å². The zero-order chi connectivity index (χ0) is 28.6. The molecular weight excluding hydrogens is 557 g/mol. The lowest BCUT2D eigenvalue weighted by molar-refractivity contribution is -0.139. The predicted octanol–water partition coefficient (Wildman–Crippen LogP) is 5.83. The van der Waals surface area contributed by atoms with E-state index in [1.54, 1.807) is 25.1 Å². The van der Waals surface area contributed by atoms with Crippen molar-refractivity contribution in [3.05, 3.63) is 94.0 Å². The number of nitrogens with zero attached hydrogens (tertiary/aromatic N) is 2. The monoisotopic (exact) mass is 589 g/mol. The quantitative estimate of drug-likeness (QED) is 0.269. The van der Waals surface area contributed by atoms with Gasteiger partial charge in [0.1, 0.15) is 12.6 Å². The number of carbonyl (C=O) groups is 2. The first-order valence-electron chi connectivity index (χ1n) is 12.7. The SMILES string of the molecule is CCCCNC(=O)[C@H](C)N(Cc1cccc(C)c1)C(=O)CN(c1cc(Cl)cc(Cl)c1)S(=O)(=O)c1ccccc1. The molecule has 1 N–H and O–H groups in total. The van der Waals surface area contributed by atoms with E-state index in [0.29, 0.717) is 6.54 Å². The van der Waals surface area contributed by atoms with Crippen LogP contribution in [-0.2, 0) is 26.2 Å². The molecule has 39 heavy (non-hydrogen) atoms. The van der Waals surface area contributed by atoms with E-state index in [0.717, 1.165) is 28.3 Å². The van der Waals surface area contributed by atoms with Crippen LogP contribution in [0.1, 0.15) is 37.8 Å². The van der Waals surface area contributed by atoms with Gasteiger partial charge in [0.05, 0.1) is 10.6 Å². The number of anilines is 1. The van der Waals surface area contributed by atoms with Crippen molar-refractivity contribution in [1.82, 2.24) is 10.2 Å². The highest BCUT2D eigenvalue weighted by Crippen LogP contribution is 2.30. The van der Waals surface area contributed by atoms with E-state index in [1.165, 1.54) is 35.2 Å². The Balaban J connectivity index is 2.02. The lowest BCUT2D eigenvalue weighted by atomic mass is 10.1. The summed E-state index contributed by atoms with van der Waals surface area (Å²) >= 11 is 12.4. The van der Waals surface area contributed by atoms with Crippen molar-refractivity contribution >= 4 is 50.7 Å². The normalized spacial score (nSPS) is 12.0. The minimum absolute atomic E-state index is 0.00416. The number of benzene rings is 3. The Morgan fingerprint density at radius 3 is 2.23 bits per heavy atom. The van der Waals surface area contributed by atoms with Crippen LogP contribution in [0.3, 0.4) is 0 Å². The Morgan fingerprint density at radius 1 is 0.949 bits per heavy atom. The molecule has 0 aromatic heterocycles. The van der Waals surface area contributed by atoms with E-state index in [9.17, 15) is 18.0 Å². The number of sulfonamides is 1. The lowest BCUT2D eigenvalue weighted by Crippen LogP contribution is -2.51. The number of aryl methyl sites for hydroxylation is 1. The van der Waals surface area contributed by atoms with E-state index >= 15 is 0 Å². The minimum atomic E-state index is -4.19. The van der Waals surface area contributed by atoms with Gasteiger partial charge in [-0.05, 0) is 56.2 Å². The van der Waals surface area contributed by atoms with Crippen molar-refractivity contribution in [1.29, 1.82) is 0 Å². The number of nitrogens with one attached hydrogen (secondary N) is 1. The van der Waals surface area contributed by atoms with Gasteiger partial charge in [-0.1, -0.05) is 84.6 Å². The molecule has 7 nitrogen and oxygen atoms in total. The Morgan fingerprint density at radius 2 is 1.62 bits per heavy atom. The molecule has 0 radical (unpaired) electrons. The van der Waals surface area contributed by atoms with Gasteiger partial charge in [0.2, 0.25) is 11.8 Å². The maximum absolute atomic E-state index is 13.9. The van der Waals surface area contributed by atoms with Crippen LogP contribution in [-0.4, -0.2) is 44.3 Å². The van der Waals surface area contributed by atoms with Crippen LogP contribution in [0.5, 0.6) is 0 Å². The van der Waals surface area contributed by atoms with E-state index in [-0.39, 0.29) is 33.1 Å². The average Bonchev–Trinajstić information content (AvgIpc) is 2.89. The van der Waals surface area contributed by atoms with Gasteiger partial charge in [0.25, 0.3) is 10.0 Å². The first-order chi connectivity index (χ1) is 18.5. The van der Waals surface area contributed by atoms with Crippen LogP contribution in [0, 0.1) is 6.92 Å². The van der Waals surface area contributed by atoms with Gasteiger partial charge in [-0.2, -0.15) is 0 Å². The summed E-state index contributed by atoms with van der Waals surface area (Å²) in [7, 11) is -4.19. The highest BCUT2D eigenvalue weighted by molar-refractivity contribution is 7.92. The maximum atomic E-state index is 13.9. The van der Waals surface area contributed by atoms with Gasteiger partial charge in [0.15, 0.2) is 0 Å². The molecule has 0 saturated carbocycles. The second kappa shape index (κ2) is 13.8. The highest BCUT2D eigenvalue weighted by atomic mass is 35.5. The summed E-state index contributed by atoms with van der Waals surface area (Å²) in [6.07, 6.45) is 1.72. The predicted molar refractivity (Wildman–Crippen MR) is 157 cm³/mol. The van der Waals surface area contributed by atoms with Crippen LogP contribution in [0.4, 0.5) is 5.69 Å². The molecule has 0 spiro atoms. The van der Waals surface area contributed by atoms with Crippen LogP contribution < -0.4 is 9.62 Å². The number of carbonyl (C=O) groups excluding carboxylic acids is 2. The van der Waals surface area contributed by atoms with Gasteiger partial charge >= 0.3 is 0 Å². The molecular formula is C29H33Cl2N3O4S. The summed E-state index contributed by atoms with van der Waals surface area (Å²) in [4.78, 5) is 28.3. The smallest absolute Gasteiger partial charge is 0.264 e. The molecule has 0 fully saturated rings. The molecule has 0 unspecified atom stereocenters. The van der Waals surface area contributed by atoms with Gasteiger partial charge < -0.3 is 10.2 Å². The van der Waals surface area contributed by atoms with Crippen molar-refractivity contribution < 1.29 is 18.0 Å². The van der Waals surface area contributed by atoms with E-state index in [2.05, 4.69) is 5.32 Å². The first-order valence-corrected chi connectivity index (χ1v) is 14.9. The van der Waals surface area contributed by atoms with Crippen LogP contribution in [0.15, 0.2) is 77.7 Å². The number of hydrogen-bond donors (Lipinski definition) is 1. The van der Waals surface area contributed by atoms with Crippen LogP contribution >= 0.6 is 23.2 Å². The molecule has 1 atom stereocenters. The molecule has 3 rings (SSSR count). The van der Waals surface area contributed by atoms with Crippen LogP contribution in [0.2, 0.25) is 10.0 Å². The molecule has 0 aliphatic heterocycles. The molecule has 0 aliphatic rings. The Bertz CT molecular complexity index is 1380. The maximum Gasteiger partial charge on any atom is 0.264 e. The Kier molecular flexibility index (Phi) is 10.8. The third kappa shape index (κ3) is 8.21. The highest BCUT2D eigenvalue weighted by Gasteiger charge is 2.32. The Hall–Kier alpha value is -3.07. The molecule has 0 aliphatic carbocycles. The topological polar surface area (TPSA) is 86.8 Å². The third-order valence-electron chi connectivity index (χ3n) is 6.18. The fourth-order valence-corrected chi connectivity index (χ4v) is 5.99. The molecule has 2 amide bonds. The molecule has 0 heterocycles. The van der Waals surface area contributed by atoms with Crippen molar-refractivity contribution in [2.45, 2.75) is 51.1 Å². The summed E-state index contributed by atoms with van der Waals surface area (Å²) in [6.45, 7) is 5.65. The lowest BCUT2D eigenvalue weighted by Gasteiger charge is -2.32. The number of unbranched alkanes of at least 4 members (excludes halogenated alkanes) is 1. The number of hydrogen-bond acceptors (Lipinski definition) is 4. The number of halogens is 2. The zero-order valence-electron chi connectivity index (χ0n) is 22.2. The first kappa shape index (κ1) is 30.5. The summed E-state index contributed by atoms with van der Waals surface area (Å²) in [5, 5.41) is 3.31. The molecule has 208 valence electrons. The summed E-state index contributed by atoms with van der Waals surface area (Å²) in [6, 6.07) is 18.9. The molecule has 0 bridgehead atoms. The second-order valence-electron chi connectivity index (χ2n) is 9.28. The fraction of sp³-hybridized carbons (Fsp3) is 0.310. The van der Waals surface area contributed by atoms with Crippen molar-refractivity contribution in [3.63, 3.8) is 0 Å². The number of rotatable bonds is 12. The van der Waals surface area contributed by atoms with E-state index in [1.807, 2.05) is 38.1 Å². The van der Waals surface area contributed by atoms with Gasteiger partial charge in [-0.3, -0.25) is 13.9 Å². The fourth-order valence-electron chi connectivity index (χ4n) is 4.06. The second-order valence-corrected chi connectivity index (χ2v) is 12.0. The summed E-state index contributed by atoms with van der Waals surface area (Å²) < 4.78 is 28.5. The number of amides is 2. The van der Waals surface area contributed by atoms with Crippen molar-refractivity contribution in [2.75, 3.05) is 17.4 Å². The van der Waals surface area contributed by atoms with E-state index < -0.39 is 28.5 Å². The van der Waals surface area contributed by atoms with Crippen molar-refractivity contribution in [2.24, 2.45) is 0 Å². The summed E-state index contributed by atoms with van der Waals surface area (Å²) in [5.41, 5.74) is 1.96. The van der Waals surface area contributed by atoms with E-state index in [4.69, 9.17) is 23.2 Å². The Labute approximate surface area is 240 Å². The molecule has 10 heteroatoms. The largest absolute Gasteiger partial charge is 0.354 e. The van der Waals surface area contributed by atoms with Crippen LogP contribution in [0.25, 0.3) is 0 Å². The third-order valence-corrected chi connectivity index (χ3v) is 8.40. The van der Waals surface area contributed by atoms with Gasteiger partial charge in [0, 0.05) is 23.1 Å². The zero-order valence-corrected chi connectivity index (χ0v) is 24.6.